The van der Waals surface area contributed by atoms with Gasteiger partial charge in [0.2, 0.25) is 0 Å². The summed E-state index contributed by atoms with van der Waals surface area (Å²) in [7, 11) is 0. The van der Waals surface area contributed by atoms with Gasteiger partial charge in [0.1, 0.15) is 6.10 Å². The van der Waals surface area contributed by atoms with Crippen molar-refractivity contribution >= 4 is 5.97 Å². The molecule has 0 aromatic heterocycles. The number of rotatable bonds is 5. The summed E-state index contributed by atoms with van der Waals surface area (Å²) < 4.78 is 4.97. The molecule has 0 heterocycles. The Hall–Kier alpha value is -1.13. The van der Waals surface area contributed by atoms with Crippen molar-refractivity contribution in [1.29, 1.82) is 0 Å². The number of esters is 1. The third-order valence-electron chi connectivity index (χ3n) is 1.96. The van der Waals surface area contributed by atoms with Crippen molar-refractivity contribution in [2.75, 3.05) is 13.2 Å². The standard InChI is InChI=1S/C10H14O4/c11-6-5-9(7-12)14-10(13)8-3-1-2-4-8/h1-3,9,11-12H,4-7H2. The van der Waals surface area contributed by atoms with Gasteiger partial charge in [0, 0.05) is 18.6 Å². The monoisotopic (exact) mass is 198 g/mol. The van der Waals surface area contributed by atoms with Crippen LogP contribution in [0.4, 0.5) is 0 Å². The number of carbonyl (C=O) groups excluding carboxylic acids is 1. The van der Waals surface area contributed by atoms with Crippen LogP contribution in [0.25, 0.3) is 0 Å². The fourth-order valence-electron chi connectivity index (χ4n) is 1.16. The molecule has 0 bridgehead atoms. The summed E-state index contributed by atoms with van der Waals surface area (Å²) in [5.74, 6) is -0.414. The quantitative estimate of drug-likeness (QED) is 0.617. The van der Waals surface area contributed by atoms with E-state index in [0.29, 0.717) is 12.0 Å². The highest BCUT2D eigenvalue weighted by Crippen LogP contribution is 2.13. The first kappa shape index (κ1) is 10.9. The molecule has 14 heavy (non-hydrogen) atoms. The Kier molecular flexibility index (Phi) is 4.35. The van der Waals surface area contributed by atoms with Crippen LogP contribution in [0.3, 0.4) is 0 Å². The summed E-state index contributed by atoms with van der Waals surface area (Å²) in [5.41, 5.74) is 0.585. The molecule has 0 saturated heterocycles. The lowest BCUT2D eigenvalue weighted by Gasteiger charge is -2.14. The minimum Gasteiger partial charge on any atom is -0.456 e. The van der Waals surface area contributed by atoms with Gasteiger partial charge < -0.3 is 14.9 Å². The second-order valence-electron chi connectivity index (χ2n) is 3.05. The van der Waals surface area contributed by atoms with Crippen molar-refractivity contribution in [2.24, 2.45) is 0 Å². The first-order valence-corrected chi connectivity index (χ1v) is 4.56. The molecule has 0 aromatic rings. The van der Waals surface area contributed by atoms with Gasteiger partial charge in [-0.2, -0.15) is 0 Å². The van der Waals surface area contributed by atoms with Gasteiger partial charge in [0.15, 0.2) is 0 Å². The van der Waals surface area contributed by atoms with Crippen LogP contribution in [0.5, 0.6) is 0 Å². The normalized spacial score (nSPS) is 16.6. The van der Waals surface area contributed by atoms with Crippen LogP contribution < -0.4 is 0 Å². The predicted octanol–water partition coefficient (Wildman–Crippen LogP) is 0.159. The van der Waals surface area contributed by atoms with Crippen LogP contribution in [-0.4, -0.2) is 35.5 Å². The molecule has 0 radical (unpaired) electrons. The van der Waals surface area contributed by atoms with Crippen molar-refractivity contribution < 1.29 is 19.7 Å². The summed E-state index contributed by atoms with van der Waals surface area (Å²) in [4.78, 5) is 11.4. The molecule has 1 unspecified atom stereocenters. The highest BCUT2D eigenvalue weighted by molar-refractivity contribution is 5.90. The number of aliphatic hydroxyl groups excluding tert-OH is 2. The van der Waals surface area contributed by atoms with Crippen LogP contribution in [0.15, 0.2) is 23.8 Å². The number of ether oxygens (including phenoxy) is 1. The van der Waals surface area contributed by atoms with Crippen LogP contribution in [0.2, 0.25) is 0 Å². The van der Waals surface area contributed by atoms with Gasteiger partial charge in [-0.05, 0) is 6.42 Å². The summed E-state index contributed by atoms with van der Waals surface area (Å²) in [6.45, 7) is -0.358. The van der Waals surface area contributed by atoms with E-state index < -0.39 is 12.1 Å². The predicted molar refractivity (Wildman–Crippen MR) is 50.5 cm³/mol. The molecule has 4 nitrogen and oxygen atoms in total. The van der Waals surface area contributed by atoms with Gasteiger partial charge in [-0.15, -0.1) is 0 Å². The van der Waals surface area contributed by atoms with E-state index >= 15 is 0 Å². The van der Waals surface area contributed by atoms with Crippen LogP contribution in [0, 0.1) is 0 Å². The molecule has 78 valence electrons. The molecule has 0 aromatic carbocycles. The van der Waals surface area contributed by atoms with E-state index in [4.69, 9.17) is 14.9 Å². The van der Waals surface area contributed by atoms with Crippen LogP contribution in [0.1, 0.15) is 12.8 Å². The van der Waals surface area contributed by atoms with Crippen molar-refractivity contribution in [2.45, 2.75) is 18.9 Å². The first-order chi connectivity index (χ1) is 6.77. The highest BCUT2D eigenvalue weighted by atomic mass is 16.6. The van der Waals surface area contributed by atoms with Gasteiger partial charge in [-0.1, -0.05) is 18.2 Å². The Morgan fingerprint density at radius 2 is 2.36 bits per heavy atom. The fraction of sp³-hybridized carbons (Fsp3) is 0.500. The minimum absolute atomic E-state index is 0.101. The smallest absolute Gasteiger partial charge is 0.334 e. The average Bonchev–Trinajstić information content (AvgIpc) is 2.69. The number of hydrogen-bond acceptors (Lipinski definition) is 4. The topological polar surface area (TPSA) is 66.8 Å². The van der Waals surface area contributed by atoms with Gasteiger partial charge in [0.05, 0.1) is 6.61 Å². The molecule has 0 saturated carbocycles. The molecule has 1 rings (SSSR count). The van der Waals surface area contributed by atoms with Gasteiger partial charge in [-0.25, -0.2) is 4.79 Å². The molecule has 0 spiro atoms. The largest absolute Gasteiger partial charge is 0.456 e. The van der Waals surface area contributed by atoms with E-state index in [1.165, 1.54) is 0 Å². The van der Waals surface area contributed by atoms with Gasteiger partial charge in [-0.3, -0.25) is 0 Å². The van der Waals surface area contributed by atoms with E-state index in [9.17, 15) is 4.79 Å². The third-order valence-corrected chi connectivity index (χ3v) is 1.96. The molecular weight excluding hydrogens is 184 g/mol. The maximum Gasteiger partial charge on any atom is 0.334 e. The molecule has 2 N–H and O–H groups in total. The molecule has 1 atom stereocenters. The SMILES string of the molecule is O=C(OC(CO)CCO)C1=CC=CC1. The van der Waals surface area contributed by atoms with Gasteiger partial charge in [0.25, 0.3) is 0 Å². The number of aliphatic hydroxyl groups is 2. The Bertz CT molecular complexity index is 255. The summed E-state index contributed by atoms with van der Waals surface area (Å²) in [6, 6.07) is 0. The lowest BCUT2D eigenvalue weighted by atomic mass is 10.2. The summed E-state index contributed by atoms with van der Waals surface area (Å²) in [6.07, 6.45) is 5.58. The van der Waals surface area contributed by atoms with Crippen molar-refractivity contribution in [1.82, 2.24) is 0 Å². The van der Waals surface area contributed by atoms with Gasteiger partial charge >= 0.3 is 5.97 Å². The lowest BCUT2D eigenvalue weighted by Crippen LogP contribution is -2.23. The number of hydrogen-bond donors (Lipinski definition) is 2. The van der Waals surface area contributed by atoms with Crippen molar-refractivity contribution in [3.63, 3.8) is 0 Å². The van der Waals surface area contributed by atoms with E-state index in [-0.39, 0.29) is 19.6 Å². The zero-order valence-electron chi connectivity index (χ0n) is 7.85. The minimum atomic E-state index is -0.603. The zero-order chi connectivity index (χ0) is 10.4. The molecule has 1 aliphatic rings. The maximum absolute atomic E-state index is 11.4. The highest BCUT2D eigenvalue weighted by Gasteiger charge is 2.17. The lowest BCUT2D eigenvalue weighted by molar-refractivity contribution is -0.147. The summed E-state index contributed by atoms with van der Waals surface area (Å²) in [5, 5.41) is 17.4. The molecule has 0 amide bonds. The summed E-state index contributed by atoms with van der Waals surface area (Å²) >= 11 is 0. The van der Waals surface area contributed by atoms with E-state index in [1.54, 1.807) is 12.2 Å². The Labute approximate surface area is 82.5 Å². The Morgan fingerprint density at radius 3 is 2.86 bits per heavy atom. The molecule has 0 fully saturated rings. The molecule has 1 aliphatic carbocycles. The zero-order valence-corrected chi connectivity index (χ0v) is 7.85. The van der Waals surface area contributed by atoms with Crippen LogP contribution >= 0.6 is 0 Å². The molecule has 4 heteroatoms. The fourth-order valence-corrected chi connectivity index (χ4v) is 1.16. The second-order valence-corrected chi connectivity index (χ2v) is 3.05. The second kappa shape index (κ2) is 5.57. The number of carbonyl (C=O) groups is 1. The maximum atomic E-state index is 11.4. The van der Waals surface area contributed by atoms with Crippen molar-refractivity contribution in [3.8, 4) is 0 Å². The van der Waals surface area contributed by atoms with Crippen LogP contribution in [-0.2, 0) is 9.53 Å². The Morgan fingerprint density at radius 1 is 1.57 bits per heavy atom. The number of allylic oxidation sites excluding steroid dienone is 3. The van der Waals surface area contributed by atoms with E-state index in [2.05, 4.69) is 0 Å². The van der Waals surface area contributed by atoms with E-state index in [1.807, 2.05) is 6.08 Å². The van der Waals surface area contributed by atoms with E-state index in [0.717, 1.165) is 0 Å². The van der Waals surface area contributed by atoms with Crippen molar-refractivity contribution in [3.05, 3.63) is 23.8 Å². The Balaban J connectivity index is 2.38. The third kappa shape index (κ3) is 2.97. The molecule has 0 aliphatic heterocycles. The average molecular weight is 198 g/mol. The first-order valence-electron chi connectivity index (χ1n) is 4.56. The molecular formula is C10H14O4.